The smallest absolute Gasteiger partial charge is 0.231 e. The molecule has 0 aromatic heterocycles. The van der Waals surface area contributed by atoms with Crippen molar-refractivity contribution in [3.05, 3.63) is 23.8 Å². The van der Waals surface area contributed by atoms with Crippen molar-refractivity contribution in [2.75, 3.05) is 52.9 Å². The number of ether oxygens (including phenoxy) is 5. The first-order chi connectivity index (χ1) is 15.7. The molecule has 0 aliphatic carbocycles. The van der Waals surface area contributed by atoms with Gasteiger partial charge in [0.05, 0.1) is 51.2 Å². The molecule has 9 nitrogen and oxygen atoms in total. The fourth-order valence-electron chi connectivity index (χ4n) is 5.04. The summed E-state index contributed by atoms with van der Waals surface area (Å²) in [5, 5.41) is 10.4. The Morgan fingerprint density at radius 3 is 2.78 bits per heavy atom. The topological polar surface area (TPSA) is 89.9 Å². The lowest BCUT2D eigenvalue weighted by Gasteiger charge is -2.44. The summed E-state index contributed by atoms with van der Waals surface area (Å²) in [6.45, 7) is 4.65. The van der Waals surface area contributed by atoms with Crippen LogP contribution in [0.25, 0.3) is 0 Å². The van der Waals surface area contributed by atoms with Gasteiger partial charge in [-0.25, -0.2) is 0 Å². The van der Waals surface area contributed by atoms with Gasteiger partial charge in [0.1, 0.15) is 0 Å². The average molecular weight is 449 g/mol. The number of nitrogens with zero attached hydrogens (tertiary/aromatic N) is 2. The zero-order valence-corrected chi connectivity index (χ0v) is 18.3. The average Bonchev–Trinajstić information content (AvgIpc) is 3.26. The highest BCUT2D eigenvalue weighted by molar-refractivity contribution is 5.76. The fraction of sp³-hybridized carbons (Fsp3) is 0.696. The van der Waals surface area contributed by atoms with Crippen LogP contribution >= 0.6 is 0 Å². The van der Waals surface area contributed by atoms with E-state index < -0.39 is 6.10 Å². The van der Waals surface area contributed by atoms with Crippen molar-refractivity contribution in [3.8, 4) is 11.5 Å². The Morgan fingerprint density at radius 1 is 1.06 bits per heavy atom. The molecule has 0 radical (unpaired) electrons. The summed E-state index contributed by atoms with van der Waals surface area (Å²) in [7, 11) is 0. The van der Waals surface area contributed by atoms with Crippen LogP contribution in [0.2, 0.25) is 0 Å². The zero-order valence-electron chi connectivity index (χ0n) is 18.3. The summed E-state index contributed by atoms with van der Waals surface area (Å²) < 4.78 is 28.4. The first-order valence-electron chi connectivity index (χ1n) is 11.5. The van der Waals surface area contributed by atoms with Gasteiger partial charge in [-0.3, -0.25) is 9.69 Å². The Balaban J connectivity index is 1.24. The largest absolute Gasteiger partial charge is 0.454 e. The molecular weight excluding hydrogens is 416 g/mol. The molecule has 4 heterocycles. The third-order valence-electron chi connectivity index (χ3n) is 6.68. The highest BCUT2D eigenvalue weighted by atomic mass is 16.7. The zero-order chi connectivity index (χ0) is 21.9. The maximum Gasteiger partial charge on any atom is 0.231 e. The Morgan fingerprint density at radius 2 is 1.91 bits per heavy atom. The van der Waals surface area contributed by atoms with Crippen LogP contribution in [0.15, 0.2) is 18.2 Å². The number of rotatable bonds is 4. The maximum absolute atomic E-state index is 12.7. The number of hydrogen-bond acceptors (Lipinski definition) is 8. The molecule has 0 saturated carbocycles. The third kappa shape index (κ3) is 5.02. The molecule has 5 rings (SSSR count). The van der Waals surface area contributed by atoms with Crippen molar-refractivity contribution < 1.29 is 33.6 Å². The Kier molecular flexibility index (Phi) is 6.80. The fourth-order valence-corrected chi connectivity index (χ4v) is 5.04. The molecule has 0 spiro atoms. The van der Waals surface area contributed by atoms with Gasteiger partial charge in [-0.05, 0) is 30.5 Å². The minimum absolute atomic E-state index is 0.105. The summed E-state index contributed by atoms with van der Waals surface area (Å²) in [6, 6.07) is 6.10. The Labute approximate surface area is 188 Å². The number of hydrogen-bond donors (Lipinski definition) is 1. The summed E-state index contributed by atoms with van der Waals surface area (Å²) in [4.78, 5) is 16.8. The molecule has 32 heavy (non-hydrogen) atoms. The van der Waals surface area contributed by atoms with Gasteiger partial charge < -0.3 is 33.7 Å². The van der Waals surface area contributed by atoms with E-state index in [0.29, 0.717) is 52.4 Å². The third-order valence-corrected chi connectivity index (χ3v) is 6.68. The molecular formula is C23H32N2O7. The Hall–Kier alpha value is -1.91. The van der Waals surface area contributed by atoms with Crippen LogP contribution in [0, 0.1) is 0 Å². The van der Waals surface area contributed by atoms with E-state index in [2.05, 4.69) is 4.90 Å². The van der Waals surface area contributed by atoms with Crippen molar-refractivity contribution in [1.82, 2.24) is 9.80 Å². The molecule has 0 unspecified atom stereocenters. The molecule has 0 bridgehead atoms. The number of carbonyl (C=O) groups excluding carboxylic acids is 1. The van der Waals surface area contributed by atoms with Crippen LogP contribution in [-0.2, 0) is 25.5 Å². The van der Waals surface area contributed by atoms with Crippen LogP contribution in [0.4, 0.5) is 0 Å². The van der Waals surface area contributed by atoms with E-state index in [9.17, 15) is 9.90 Å². The second kappa shape index (κ2) is 9.93. The number of β-amino-alcohol motifs (C(OH)–C–C–N with tert-alkyl or cyclic N) is 1. The number of benzene rings is 1. The van der Waals surface area contributed by atoms with Crippen molar-refractivity contribution in [2.24, 2.45) is 0 Å². The minimum Gasteiger partial charge on any atom is -0.454 e. The van der Waals surface area contributed by atoms with Crippen LogP contribution in [0.1, 0.15) is 24.8 Å². The van der Waals surface area contributed by atoms with Crippen molar-refractivity contribution >= 4 is 5.91 Å². The van der Waals surface area contributed by atoms with Gasteiger partial charge in [-0.15, -0.1) is 0 Å². The summed E-state index contributed by atoms with van der Waals surface area (Å²) >= 11 is 0. The van der Waals surface area contributed by atoms with Crippen LogP contribution in [-0.4, -0.2) is 98.0 Å². The van der Waals surface area contributed by atoms with Crippen LogP contribution < -0.4 is 9.47 Å². The number of aliphatic hydroxyl groups excluding tert-OH is 1. The summed E-state index contributed by atoms with van der Waals surface area (Å²) in [5.41, 5.74) is 1.10. The molecule has 176 valence electrons. The molecule has 4 atom stereocenters. The SMILES string of the molecule is O=C(C[C@H]1CC[C@@H]2[C@H](COC[C@@H](O)CN2Cc2ccc3c(c2)OCO3)O1)N1CCOCC1. The van der Waals surface area contributed by atoms with E-state index in [1.54, 1.807) is 0 Å². The molecule has 1 aromatic carbocycles. The standard InChI is InChI=1S/C23H32N2O7/c26-17-12-25(11-16-1-4-20-21(9-16)31-15-30-20)19-3-2-18(32-22(19)14-29-13-17)10-23(27)24-5-7-28-8-6-24/h1,4,9,17-19,22,26H,2-3,5-8,10-15H2/t17-,18+,19+,22-/m0/s1. The quantitative estimate of drug-likeness (QED) is 0.723. The molecule has 1 aromatic rings. The van der Waals surface area contributed by atoms with Crippen molar-refractivity contribution in [2.45, 2.75) is 50.2 Å². The number of amides is 1. The number of morpholine rings is 1. The molecule has 4 aliphatic heterocycles. The van der Waals surface area contributed by atoms with Crippen molar-refractivity contribution in [1.29, 1.82) is 0 Å². The molecule has 9 heteroatoms. The predicted octanol–water partition coefficient (Wildman–Crippen LogP) is 0.774. The van der Waals surface area contributed by atoms with E-state index in [1.165, 1.54) is 0 Å². The highest BCUT2D eigenvalue weighted by Crippen LogP contribution is 2.34. The number of carbonyl (C=O) groups is 1. The normalized spacial score (nSPS) is 31.0. The number of fused-ring (bicyclic) bond motifs is 2. The van der Waals surface area contributed by atoms with Gasteiger partial charge in [-0.2, -0.15) is 0 Å². The molecule has 3 fully saturated rings. The highest BCUT2D eigenvalue weighted by Gasteiger charge is 2.38. The van der Waals surface area contributed by atoms with E-state index in [0.717, 1.165) is 29.9 Å². The van der Waals surface area contributed by atoms with Gasteiger partial charge in [-0.1, -0.05) is 6.07 Å². The number of aliphatic hydroxyl groups is 1. The van der Waals surface area contributed by atoms with Crippen LogP contribution in [0.5, 0.6) is 11.5 Å². The maximum atomic E-state index is 12.7. The second-order valence-corrected chi connectivity index (χ2v) is 8.95. The van der Waals surface area contributed by atoms with E-state index in [1.807, 2.05) is 23.1 Å². The lowest BCUT2D eigenvalue weighted by Crippen LogP contribution is -2.55. The lowest BCUT2D eigenvalue weighted by molar-refractivity contribution is -0.162. The Bertz CT molecular complexity index is 801. The van der Waals surface area contributed by atoms with Crippen molar-refractivity contribution in [3.63, 3.8) is 0 Å². The monoisotopic (exact) mass is 448 g/mol. The first kappa shape index (κ1) is 21.9. The van der Waals surface area contributed by atoms with Gasteiger partial charge in [0.2, 0.25) is 12.7 Å². The molecule has 1 N–H and O–H groups in total. The summed E-state index contributed by atoms with van der Waals surface area (Å²) in [5.74, 6) is 1.66. The van der Waals surface area contributed by atoms with Crippen LogP contribution in [0.3, 0.4) is 0 Å². The molecule has 1 amide bonds. The predicted molar refractivity (Wildman–Crippen MR) is 113 cm³/mol. The van der Waals surface area contributed by atoms with Gasteiger partial charge >= 0.3 is 0 Å². The molecule has 4 aliphatic rings. The molecule has 3 saturated heterocycles. The first-order valence-corrected chi connectivity index (χ1v) is 11.5. The lowest BCUT2D eigenvalue weighted by atomic mass is 9.94. The van der Waals surface area contributed by atoms with Gasteiger partial charge in [0.25, 0.3) is 0 Å². The van der Waals surface area contributed by atoms with E-state index >= 15 is 0 Å². The van der Waals surface area contributed by atoms with Gasteiger partial charge in [0, 0.05) is 32.2 Å². The van der Waals surface area contributed by atoms with E-state index in [4.69, 9.17) is 23.7 Å². The summed E-state index contributed by atoms with van der Waals surface area (Å²) in [6.07, 6.45) is 1.32. The van der Waals surface area contributed by atoms with E-state index in [-0.39, 0.29) is 37.6 Å². The minimum atomic E-state index is -0.550. The van der Waals surface area contributed by atoms with Gasteiger partial charge in [0.15, 0.2) is 11.5 Å². The second-order valence-electron chi connectivity index (χ2n) is 8.95.